The van der Waals surface area contributed by atoms with Crippen LogP contribution < -0.4 is 4.90 Å². The van der Waals surface area contributed by atoms with Crippen LogP contribution in [0.15, 0.2) is 49.2 Å². The minimum absolute atomic E-state index is 0.863. The van der Waals surface area contributed by atoms with Crippen molar-refractivity contribution in [3.05, 3.63) is 54.9 Å². The van der Waals surface area contributed by atoms with E-state index in [2.05, 4.69) is 30.9 Å². The van der Waals surface area contributed by atoms with Crippen LogP contribution in [0, 0.1) is 0 Å². The molecule has 0 N–H and O–H groups in total. The van der Waals surface area contributed by atoms with Crippen LogP contribution in [0.2, 0.25) is 0 Å². The maximum Gasteiger partial charge on any atom is 0.147 e. The average molecular weight is 335 g/mol. The second-order valence-electron chi connectivity index (χ2n) is 6.25. The van der Waals surface area contributed by atoms with Crippen molar-refractivity contribution in [2.45, 2.75) is 6.54 Å². The van der Waals surface area contributed by atoms with Crippen molar-refractivity contribution < 1.29 is 0 Å². The van der Waals surface area contributed by atoms with Crippen molar-refractivity contribution in [3.63, 3.8) is 0 Å². The highest BCUT2D eigenvalue weighted by atomic mass is 15.3. The molecule has 1 aliphatic rings. The second-order valence-corrected chi connectivity index (χ2v) is 6.25. The highest BCUT2D eigenvalue weighted by Crippen LogP contribution is 2.20. The number of hydrogen-bond acceptors (Lipinski definition) is 6. The summed E-state index contributed by atoms with van der Waals surface area (Å²) in [5.41, 5.74) is 2.97. The van der Waals surface area contributed by atoms with Crippen LogP contribution in [0.25, 0.3) is 11.3 Å². The quantitative estimate of drug-likeness (QED) is 0.722. The van der Waals surface area contributed by atoms with Gasteiger partial charge in [-0.1, -0.05) is 6.07 Å². The predicted octanol–water partition coefficient (Wildman–Crippen LogP) is 1.59. The summed E-state index contributed by atoms with van der Waals surface area (Å²) in [5.74, 6) is 0.929. The Bertz CT molecular complexity index is 822. The third kappa shape index (κ3) is 3.66. The summed E-state index contributed by atoms with van der Waals surface area (Å²) in [7, 11) is 1.90. The first kappa shape index (κ1) is 15.7. The topological polar surface area (TPSA) is 63.0 Å². The van der Waals surface area contributed by atoms with E-state index in [1.165, 1.54) is 0 Å². The van der Waals surface area contributed by atoms with Crippen LogP contribution >= 0.6 is 0 Å². The number of aromatic nitrogens is 5. The molecule has 0 aliphatic carbocycles. The number of aryl methyl sites for hydroxylation is 1. The number of rotatable bonds is 4. The number of anilines is 1. The minimum Gasteiger partial charge on any atom is -0.353 e. The average Bonchev–Trinajstić information content (AvgIpc) is 3.10. The lowest BCUT2D eigenvalue weighted by atomic mass is 10.2. The van der Waals surface area contributed by atoms with E-state index >= 15 is 0 Å². The van der Waals surface area contributed by atoms with E-state index in [4.69, 9.17) is 4.98 Å². The Morgan fingerprint density at radius 3 is 2.64 bits per heavy atom. The van der Waals surface area contributed by atoms with Crippen LogP contribution in [0.3, 0.4) is 0 Å². The number of piperazine rings is 1. The molecule has 128 valence electrons. The molecule has 4 heterocycles. The summed E-state index contributed by atoms with van der Waals surface area (Å²) < 4.78 is 1.78. The Balaban J connectivity index is 1.41. The van der Waals surface area contributed by atoms with Gasteiger partial charge in [-0.05, 0) is 12.1 Å². The van der Waals surface area contributed by atoms with Gasteiger partial charge >= 0.3 is 0 Å². The van der Waals surface area contributed by atoms with Gasteiger partial charge < -0.3 is 4.90 Å². The van der Waals surface area contributed by atoms with E-state index in [0.717, 1.165) is 55.5 Å². The maximum absolute atomic E-state index is 4.77. The van der Waals surface area contributed by atoms with Gasteiger partial charge in [-0.3, -0.25) is 19.5 Å². The Hall–Kier alpha value is -2.80. The normalized spacial score (nSPS) is 15.5. The van der Waals surface area contributed by atoms with Gasteiger partial charge in [0.25, 0.3) is 0 Å². The van der Waals surface area contributed by atoms with Gasteiger partial charge in [0.15, 0.2) is 0 Å². The van der Waals surface area contributed by atoms with Crippen molar-refractivity contribution in [1.29, 1.82) is 0 Å². The zero-order valence-electron chi connectivity index (χ0n) is 14.3. The number of hydrogen-bond donors (Lipinski definition) is 0. The van der Waals surface area contributed by atoms with Crippen molar-refractivity contribution in [3.8, 4) is 11.3 Å². The SMILES string of the molecule is Cn1cc(-c2cncc(N3CCN(Cc4ccccn4)CC3)n2)cn1. The summed E-state index contributed by atoms with van der Waals surface area (Å²) in [5, 5.41) is 4.21. The molecule has 0 spiro atoms. The summed E-state index contributed by atoms with van der Waals surface area (Å²) >= 11 is 0. The summed E-state index contributed by atoms with van der Waals surface area (Å²) in [6, 6.07) is 6.07. The molecule has 7 nitrogen and oxygen atoms in total. The molecule has 0 atom stereocenters. The van der Waals surface area contributed by atoms with E-state index in [1.807, 2.05) is 44.0 Å². The molecule has 0 bridgehead atoms. The van der Waals surface area contributed by atoms with Crippen molar-refractivity contribution in [2.75, 3.05) is 31.1 Å². The Morgan fingerprint density at radius 2 is 1.92 bits per heavy atom. The minimum atomic E-state index is 0.863. The summed E-state index contributed by atoms with van der Waals surface area (Å²) in [4.78, 5) is 18.3. The number of pyridine rings is 1. The van der Waals surface area contributed by atoms with Gasteiger partial charge in [0, 0.05) is 57.7 Å². The van der Waals surface area contributed by atoms with E-state index in [1.54, 1.807) is 10.9 Å². The molecule has 1 aliphatic heterocycles. The van der Waals surface area contributed by atoms with Gasteiger partial charge in [-0.2, -0.15) is 5.10 Å². The van der Waals surface area contributed by atoms with E-state index < -0.39 is 0 Å². The van der Waals surface area contributed by atoms with Crippen LogP contribution in [0.5, 0.6) is 0 Å². The Morgan fingerprint density at radius 1 is 1.04 bits per heavy atom. The van der Waals surface area contributed by atoms with Gasteiger partial charge in [0.05, 0.1) is 30.0 Å². The summed E-state index contributed by atoms with van der Waals surface area (Å²) in [6.07, 6.45) is 9.26. The molecule has 7 heteroatoms. The van der Waals surface area contributed by atoms with Gasteiger partial charge in [0.2, 0.25) is 0 Å². The molecule has 25 heavy (non-hydrogen) atoms. The van der Waals surface area contributed by atoms with Crippen molar-refractivity contribution >= 4 is 5.82 Å². The lowest BCUT2D eigenvalue weighted by molar-refractivity contribution is 0.246. The molecule has 3 aromatic rings. The number of nitrogens with zero attached hydrogens (tertiary/aromatic N) is 7. The van der Waals surface area contributed by atoms with Crippen LogP contribution in [0.1, 0.15) is 5.69 Å². The highest BCUT2D eigenvalue weighted by Gasteiger charge is 2.19. The van der Waals surface area contributed by atoms with Crippen molar-refractivity contribution in [1.82, 2.24) is 29.6 Å². The van der Waals surface area contributed by atoms with Gasteiger partial charge in [0.1, 0.15) is 5.82 Å². The standard InChI is InChI=1S/C18H21N7/c1-23-13-15(10-21-23)17-11-19-12-18(22-17)25-8-6-24(7-9-25)14-16-4-2-3-5-20-16/h2-5,10-13H,6-9,14H2,1H3. The van der Waals surface area contributed by atoms with Crippen LogP contribution in [0.4, 0.5) is 5.82 Å². The van der Waals surface area contributed by atoms with Crippen LogP contribution in [-0.2, 0) is 13.6 Å². The van der Waals surface area contributed by atoms with Gasteiger partial charge in [-0.15, -0.1) is 0 Å². The first-order valence-corrected chi connectivity index (χ1v) is 8.46. The summed E-state index contributed by atoms with van der Waals surface area (Å²) in [6.45, 7) is 4.77. The van der Waals surface area contributed by atoms with Gasteiger partial charge in [-0.25, -0.2) is 4.98 Å². The fourth-order valence-electron chi connectivity index (χ4n) is 3.06. The van der Waals surface area contributed by atoms with E-state index in [9.17, 15) is 0 Å². The molecule has 0 aromatic carbocycles. The second kappa shape index (κ2) is 6.98. The Labute approximate surface area is 147 Å². The molecule has 1 fully saturated rings. The van der Waals surface area contributed by atoms with E-state index in [-0.39, 0.29) is 0 Å². The molecule has 0 radical (unpaired) electrons. The maximum atomic E-state index is 4.77. The smallest absolute Gasteiger partial charge is 0.147 e. The predicted molar refractivity (Wildman–Crippen MR) is 96.0 cm³/mol. The first-order valence-electron chi connectivity index (χ1n) is 8.46. The van der Waals surface area contributed by atoms with E-state index in [0.29, 0.717) is 0 Å². The lowest BCUT2D eigenvalue weighted by Crippen LogP contribution is -2.46. The highest BCUT2D eigenvalue weighted by molar-refractivity contribution is 5.58. The largest absolute Gasteiger partial charge is 0.353 e. The fraction of sp³-hybridized carbons (Fsp3) is 0.333. The molecule has 3 aromatic heterocycles. The monoisotopic (exact) mass is 335 g/mol. The molecule has 0 amide bonds. The third-order valence-electron chi connectivity index (χ3n) is 4.43. The van der Waals surface area contributed by atoms with Crippen LogP contribution in [-0.4, -0.2) is 55.8 Å². The first-order chi connectivity index (χ1) is 12.3. The van der Waals surface area contributed by atoms with Crippen molar-refractivity contribution in [2.24, 2.45) is 7.05 Å². The molecular weight excluding hydrogens is 314 g/mol. The Kier molecular flexibility index (Phi) is 4.39. The molecule has 0 unspecified atom stereocenters. The molecule has 0 saturated carbocycles. The third-order valence-corrected chi connectivity index (χ3v) is 4.43. The lowest BCUT2D eigenvalue weighted by Gasteiger charge is -2.35. The zero-order valence-corrected chi connectivity index (χ0v) is 14.3. The zero-order chi connectivity index (χ0) is 17.1. The molecule has 4 rings (SSSR count). The fourth-order valence-corrected chi connectivity index (χ4v) is 3.06. The molecule has 1 saturated heterocycles. The molecular formula is C18H21N7.